The monoisotopic (exact) mass is 291 g/mol. The molecule has 0 radical (unpaired) electrons. The Hall–Kier alpha value is -1.62. The van der Waals surface area contributed by atoms with E-state index in [-0.39, 0.29) is 17.1 Å². The van der Waals surface area contributed by atoms with Crippen molar-refractivity contribution < 1.29 is 9.53 Å². The topological polar surface area (TPSA) is 54.5 Å². The van der Waals surface area contributed by atoms with Gasteiger partial charge in [0.05, 0.1) is 11.2 Å². The second kappa shape index (κ2) is 5.64. The molecule has 1 saturated heterocycles. The number of nitrogens with zero attached hydrogens (tertiary/aromatic N) is 2. The number of amides is 1. The normalized spacial score (nSPS) is 20.1. The summed E-state index contributed by atoms with van der Waals surface area (Å²) in [6, 6.07) is 3.68. The lowest BCUT2D eigenvalue weighted by Crippen LogP contribution is -2.58. The molecule has 1 aromatic rings. The highest BCUT2D eigenvalue weighted by molar-refractivity contribution is 5.93. The molecule has 1 amide bonds. The molecule has 1 aromatic heterocycles. The van der Waals surface area contributed by atoms with E-state index in [1.807, 2.05) is 45.6 Å². The summed E-state index contributed by atoms with van der Waals surface area (Å²) in [4.78, 5) is 18.8. The van der Waals surface area contributed by atoms with Gasteiger partial charge in [-0.25, -0.2) is 0 Å². The van der Waals surface area contributed by atoms with Crippen LogP contribution < -0.4 is 5.32 Å². The number of ether oxygens (including phenoxy) is 1. The number of carbonyl (C=O) groups excluding carboxylic acids is 1. The van der Waals surface area contributed by atoms with Gasteiger partial charge in [0.2, 0.25) is 0 Å². The van der Waals surface area contributed by atoms with E-state index in [1.54, 1.807) is 12.3 Å². The molecule has 2 rings (SSSR count). The standard InChI is InChI=1S/C16H25N3O2/c1-6-17-12-7-8-18-13(9-12)14(20)19-10-15(2,3)21-16(4,5)11-19/h7-9H,6,10-11H2,1-5H3,(H,17,18). The highest BCUT2D eigenvalue weighted by Gasteiger charge is 2.40. The van der Waals surface area contributed by atoms with Crippen LogP contribution in [-0.4, -0.2) is 46.6 Å². The van der Waals surface area contributed by atoms with Crippen LogP contribution in [0.25, 0.3) is 0 Å². The highest BCUT2D eigenvalue weighted by Crippen LogP contribution is 2.28. The van der Waals surface area contributed by atoms with Crippen molar-refractivity contribution in [2.75, 3.05) is 25.0 Å². The molecule has 0 saturated carbocycles. The smallest absolute Gasteiger partial charge is 0.272 e. The van der Waals surface area contributed by atoms with Crippen molar-refractivity contribution in [3.63, 3.8) is 0 Å². The van der Waals surface area contributed by atoms with Gasteiger partial charge in [0.1, 0.15) is 5.69 Å². The molecule has 0 unspecified atom stereocenters. The van der Waals surface area contributed by atoms with Crippen LogP contribution in [0, 0.1) is 0 Å². The average molecular weight is 291 g/mol. The number of carbonyl (C=O) groups is 1. The highest BCUT2D eigenvalue weighted by atomic mass is 16.5. The number of rotatable bonds is 3. The molecule has 0 spiro atoms. The van der Waals surface area contributed by atoms with Crippen LogP contribution in [0.2, 0.25) is 0 Å². The van der Waals surface area contributed by atoms with E-state index < -0.39 is 0 Å². The van der Waals surface area contributed by atoms with Crippen LogP contribution in [-0.2, 0) is 4.74 Å². The van der Waals surface area contributed by atoms with Crippen molar-refractivity contribution in [3.8, 4) is 0 Å². The Morgan fingerprint density at radius 3 is 2.52 bits per heavy atom. The molecule has 0 aromatic carbocycles. The molecule has 5 heteroatoms. The van der Waals surface area contributed by atoms with Crippen LogP contribution in [0.4, 0.5) is 5.69 Å². The maximum Gasteiger partial charge on any atom is 0.272 e. The lowest BCUT2D eigenvalue weighted by molar-refractivity contribution is -0.171. The SMILES string of the molecule is CCNc1ccnc(C(=O)N2CC(C)(C)OC(C)(C)C2)c1. The predicted molar refractivity (Wildman–Crippen MR) is 83.5 cm³/mol. The number of hydrogen-bond donors (Lipinski definition) is 1. The second-order valence-electron chi connectivity index (χ2n) is 6.74. The number of pyridine rings is 1. The lowest BCUT2D eigenvalue weighted by Gasteiger charge is -2.47. The fourth-order valence-electron chi connectivity index (χ4n) is 2.95. The Balaban J connectivity index is 2.21. The van der Waals surface area contributed by atoms with Gasteiger partial charge in [-0.05, 0) is 46.8 Å². The summed E-state index contributed by atoms with van der Waals surface area (Å²) in [6.45, 7) is 12.0. The second-order valence-corrected chi connectivity index (χ2v) is 6.74. The summed E-state index contributed by atoms with van der Waals surface area (Å²) in [5.41, 5.74) is 0.692. The minimum absolute atomic E-state index is 0.0424. The van der Waals surface area contributed by atoms with Crippen LogP contribution in [0.1, 0.15) is 45.1 Å². The van der Waals surface area contributed by atoms with E-state index in [4.69, 9.17) is 4.74 Å². The number of anilines is 1. The Labute approximate surface area is 126 Å². The Morgan fingerprint density at radius 1 is 1.33 bits per heavy atom. The fraction of sp³-hybridized carbons (Fsp3) is 0.625. The van der Waals surface area contributed by atoms with E-state index in [2.05, 4.69) is 10.3 Å². The van der Waals surface area contributed by atoms with Gasteiger partial charge in [0.15, 0.2) is 0 Å². The van der Waals surface area contributed by atoms with Gasteiger partial charge in [-0.2, -0.15) is 0 Å². The van der Waals surface area contributed by atoms with Crippen LogP contribution in [0.5, 0.6) is 0 Å². The van der Waals surface area contributed by atoms with Crippen molar-refractivity contribution >= 4 is 11.6 Å². The summed E-state index contributed by atoms with van der Waals surface area (Å²) in [5.74, 6) is -0.0424. The quantitative estimate of drug-likeness (QED) is 0.930. The van der Waals surface area contributed by atoms with E-state index in [1.165, 1.54) is 0 Å². The van der Waals surface area contributed by atoms with Gasteiger partial charge >= 0.3 is 0 Å². The first-order valence-corrected chi connectivity index (χ1v) is 7.42. The number of nitrogens with one attached hydrogen (secondary N) is 1. The zero-order valence-corrected chi connectivity index (χ0v) is 13.6. The van der Waals surface area contributed by atoms with Gasteiger partial charge in [0.25, 0.3) is 5.91 Å². The van der Waals surface area contributed by atoms with Crippen molar-refractivity contribution in [2.45, 2.75) is 45.8 Å². The zero-order chi connectivity index (χ0) is 15.7. The largest absolute Gasteiger partial charge is 0.385 e. The molecule has 1 fully saturated rings. The molecule has 21 heavy (non-hydrogen) atoms. The van der Waals surface area contributed by atoms with Crippen molar-refractivity contribution in [2.24, 2.45) is 0 Å². The Morgan fingerprint density at radius 2 is 1.95 bits per heavy atom. The number of hydrogen-bond acceptors (Lipinski definition) is 4. The van der Waals surface area contributed by atoms with Crippen LogP contribution in [0.3, 0.4) is 0 Å². The molecule has 0 aliphatic carbocycles. The Kier molecular flexibility index (Phi) is 4.23. The molecule has 1 N–H and O–H groups in total. The zero-order valence-electron chi connectivity index (χ0n) is 13.6. The maximum absolute atomic E-state index is 12.7. The third-order valence-corrected chi connectivity index (χ3v) is 3.34. The summed E-state index contributed by atoms with van der Waals surface area (Å²) >= 11 is 0. The molecule has 5 nitrogen and oxygen atoms in total. The van der Waals surface area contributed by atoms with Crippen molar-refractivity contribution in [3.05, 3.63) is 24.0 Å². The van der Waals surface area contributed by atoms with Crippen LogP contribution in [0.15, 0.2) is 18.3 Å². The van der Waals surface area contributed by atoms with E-state index >= 15 is 0 Å². The minimum atomic E-state index is -0.351. The summed E-state index contributed by atoms with van der Waals surface area (Å²) in [6.07, 6.45) is 1.67. The third kappa shape index (κ3) is 3.94. The van der Waals surface area contributed by atoms with Crippen molar-refractivity contribution in [1.82, 2.24) is 9.88 Å². The third-order valence-electron chi connectivity index (χ3n) is 3.34. The number of aromatic nitrogens is 1. The molecule has 1 aliphatic rings. The first-order chi connectivity index (χ1) is 9.72. The van der Waals surface area contributed by atoms with E-state index in [0.717, 1.165) is 12.2 Å². The van der Waals surface area contributed by atoms with Gasteiger partial charge in [-0.15, -0.1) is 0 Å². The molecular weight excluding hydrogens is 266 g/mol. The number of morpholine rings is 1. The Bertz CT molecular complexity index is 510. The molecule has 116 valence electrons. The molecular formula is C16H25N3O2. The van der Waals surface area contributed by atoms with E-state index in [0.29, 0.717) is 18.8 Å². The maximum atomic E-state index is 12.7. The average Bonchev–Trinajstić information content (AvgIpc) is 2.35. The summed E-state index contributed by atoms with van der Waals surface area (Å²) < 4.78 is 6.01. The molecule has 1 aliphatic heterocycles. The summed E-state index contributed by atoms with van der Waals surface area (Å²) in [5, 5.41) is 3.20. The van der Waals surface area contributed by atoms with Crippen molar-refractivity contribution in [1.29, 1.82) is 0 Å². The van der Waals surface area contributed by atoms with Gasteiger partial charge in [-0.3, -0.25) is 9.78 Å². The summed E-state index contributed by atoms with van der Waals surface area (Å²) in [7, 11) is 0. The van der Waals surface area contributed by atoms with Gasteiger partial charge < -0.3 is 15.0 Å². The van der Waals surface area contributed by atoms with Gasteiger partial charge in [0, 0.05) is 31.5 Å². The fourth-order valence-corrected chi connectivity index (χ4v) is 2.95. The lowest BCUT2D eigenvalue weighted by atomic mass is 9.98. The molecule has 2 heterocycles. The van der Waals surface area contributed by atoms with E-state index in [9.17, 15) is 4.79 Å². The van der Waals surface area contributed by atoms with Gasteiger partial charge in [-0.1, -0.05) is 0 Å². The first kappa shape index (κ1) is 15.8. The van der Waals surface area contributed by atoms with Crippen LogP contribution >= 0.6 is 0 Å². The minimum Gasteiger partial charge on any atom is -0.385 e. The molecule has 0 atom stereocenters. The molecule has 0 bridgehead atoms. The predicted octanol–water partition coefficient (Wildman–Crippen LogP) is 2.54. The first-order valence-electron chi connectivity index (χ1n) is 7.42.